The van der Waals surface area contributed by atoms with E-state index >= 15 is 0 Å². The van der Waals surface area contributed by atoms with Gasteiger partial charge < -0.3 is 10.2 Å². The third-order valence-electron chi connectivity index (χ3n) is 2.19. The highest BCUT2D eigenvalue weighted by Crippen LogP contribution is 2.11. The van der Waals surface area contributed by atoms with E-state index in [0.717, 1.165) is 5.69 Å². The first kappa shape index (κ1) is 12.6. The molecule has 0 spiro atoms. The van der Waals surface area contributed by atoms with Crippen LogP contribution in [0.3, 0.4) is 0 Å². The van der Waals surface area contributed by atoms with Crippen LogP contribution in [0, 0.1) is 0 Å². The van der Waals surface area contributed by atoms with Crippen molar-refractivity contribution in [2.75, 3.05) is 24.3 Å². The molecule has 18 heavy (non-hydrogen) atoms. The van der Waals surface area contributed by atoms with Crippen molar-refractivity contribution >= 4 is 23.5 Å². The molecule has 0 saturated carbocycles. The van der Waals surface area contributed by atoms with Crippen LogP contribution in [-0.2, 0) is 13.6 Å². The van der Waals surface area contributed by atoms with Crippen LogP contribution in [0.1, 0.15) is 5.69 Å². The van der Waals surface area contributed by atoms with Crippen molar-refractivity contribution in [2.45, 2.75) is 6.54 Å². The van der Waals surface area contributed by atoms with Crippen LogP contribution in [0.15, 0.2) is 12.3 Å². The normalized spacial score (nSPS) is 10.4. The number of anilines is 2. The van der Waals surface area contributed by atoms with Crippen LogP contribution in [-0.4, -0.2) is 38.8 Å². The summed E-state index contributed by atoms with van der Waals surface area (Å²) >= 11 is 5.83. The van der Waals surface area contributed by atoms with E-state index in [4.69, 9.17) is 11.6 Å². The topological polar surface area (TPSA) is 71.8 Å². The molecule has 0 aliphatic carbocycles. The zero-order valence-corrected chi connectivity index (χ0v) is 11.2. The molecule has 0 bridgehead atoms. The number of nitrogens with zero attached hydrogens (tertiary/aromatic N) is 6. The highest BCUT2D eigenvalue weighted by atomic mass is 35.5. The Bertz CT molecular complexity index is 537. The summed E-state index contributed by atoms with van der Waals surface area (Å²) in [5.41, 5.74) is 0.903. The van der Waals surface area contributed by atoms with Gasteiger partial charge in [-0.3, -0.25) is 4.68 Å². The maximum absolute atomic E-state index is 5.83. The van der Waals surface area contributed by atoms with Gasteiger partial charge in [0.05, 0.1) is 12.2 Å². The summed E-state index contributed by atoms with van der Waals surface area (Å²) in [7, 11) is 5.55. The Hall–Kier alpha value is -1.89. The van der Waals surface area contributed by atoms with E-state index < -0.39 is 0 Å². The lowest BCUT2D eigenvalue weighted by Crippen LogP contribution is -2.15. The number of aryl methyl sites for hydroxylation is 1. The second kappa shape index (κ2) is 5.18. The fraction of sp³-hybridized carbons (Fsp3) is 0.400. The van der Waals surface area contributed by atoms with E-state index in [1.165, 1.54) is 0 Å². The lowest BCUT2D eigenvalue weighted by atomic mass is 10.4. The third kappa shape index (κ3) is 3.07. The van der Waals surface area contributed by atoms with Gasteiger partial charge in [-0.1, -0.05) is 0 Å². The number of aromatic nitrogens is 5. The van der Waals surface area contributed by atoms with Gasteiger partial charge in [-0.25, -0.2) is 0 Å². The Morgan fingerprint density at radius 3 is 2.72 bits per heavy atom. The minimum Gasteiger partial charge on any atom is -0.348 e. The minimum absolute atomic E-state index is 0.164. The third-order valence-corrected chi connectivity index (χ3v) is 2.36. The van der Waals surface area contributed by atoms with E-state index in [1.54, 1.807) is 9.58 Å². The van der Waals surface area contributed by atoms with E-state index in [-0.39, 0.29) is 5.28 Å². The van der Waals surface area contributed by atoms with Crippen LogP contribution in [0.4, 0.5) is 11.9 Å². The lowest BCUT2D eigenvalue weighted by molar-refractivity contribution is 0.746. The first-order chi connectivity index (χ1) is 8.54. The quantitative estimate of drug-likeness (QED) is 0.889. The van der Waals surface area contributed by atoms with E-state index in [9.17, 15) is 0 Å². The second-order valence-electron chi connectivity index (χ2n) is 3.96. The number of hydrogen-bond donors (Lipinski definition) is 1. The number of halogens is 1. The molecule has 2 aromatic rings. The summed E-state index contributed by atoms with van der Waals surface area (Å²) in [6.07, 6.45) is 1.88. The molecule has 0 aliphatic rings. The zero-order chi connectivity index (χ0) is 13.1. The fourth-order valence-electron chi connectivity index (χ4n) is 1.35. The molecular formula is C10H14ClN7. The molecule has 0 atom stereocenters. The molecule has 2 aromatic heterocycles. The average molecular weight is 268 g/mol. The Morgan fingerprint density at radius 1 is 1.33 bits per heavy atom. The molecule has 0 aliphatic heterocycles. The maximum Gasteiger partial charge on any atom is 0.230 e. The molecule has 7 nitrogen and oxygen atoms in total. The molecule has 0 radical (unpaired) electrons. The second-order valence-corrected chi connectivity index (χ2v) is 4.29. The summed E-state index contributed by atoms with van der Waals surface area (Å²) in [4.78, 5) is 14.0. The number of hydrogen-bond acceptors (Lipinski definition) is 6. The Kier molecular flexibility index (Phi) is 3.61. The molecule has 0 unspecified atom stereocenters. The van der Waals surface area contributed by atoms with Crippen molar-refractivity contribution in [1.29, 1.82) is 0 Å². The Morgan fingerprint density at radius 2 is 2.11 bits per heavy atom. The van der Waals surface area contributed by atoms with Gasteiger partial charge in [-0.15, -0.1) is 0 Å². The summed E-state index contributed by atoms with van der Waals surface area (Å²) in [5, 5.41) is 7.47. The van der Waals surface area contributed by atoms with Gasteiger partial charge in [0.15, 0.2) is 0 Å². The predicted molar refractivity (Wildman–Crippen MR) is 69.7 cm³/mol. The molecule has 2 rings (SSSR count). The Labute approximate surface area is 110 Å². The van der Waals surface area contributed by atoms with Gasteiger partial charge in [0.25, 0.3) is 0 Å². The zero-order valence-electron chi connectivity index (χ0n) is 10.4. The van der Waals surface area contributed by atoms with E-state index in [1.807, 2.05) is 33.4 Å². The molecular weight excluding hydrogens is 254 g/mol. The number of nitrogens with one attached hydrogen (secondary N) is 1. The van der Waals surface area contributed by atoms with Gasteiger partial charge in [-0.2, -0.15) is 20.1 Å². The monoisotopic (exact) mass is 267 g/mol. The minimum atomic E-state index is 0.164. The smallest absolute Gasteiger partial charge is 0.230 e. The first-order valence-corrected chi connectivity index (χ1v) is 5.73. The predicted octanol–water partition coefficient (Wildman–Crippen LogP) is 0.937. The van der Waals surface area contributed by atoms with E-state index in [0.29, 0.717) is 18.4 Å². The van der Waals surface area contributed by atoms with Crippen molar-refractivity contribution in [3.8, 4) is 0 Å². The first-order valence-electron chi connectivity index (χ1n) is 5.36. The lowest BCUT2D eigenvalue weighted by Gasteiger charge is -2.11. The molecule has 1 N–H and O–H groups in total. The van der Waals surface area contributed by atoms with Gasteiger partial charge in [0.2, 0.25) is 17.2 Å². The van der Waals surface area contributed by atoms with Gasteiger partial charge >= 0.3 is 0 Å². The average Bonchev–Trinajstić information content (AvgIpc) is 2.72. The molecule has 0 fully saturated rings. The van der Waals surface area contributed by atoms with Crippen LogP contribution < -0.4 is 10.2 Å². The summed E-state index contributed by atoms with van der Waals surface area (Å²) in [5.74, 6) is 0.947. The maximum atomic E-state index is 5.83. The molecule has 2 heterocycles. The van der Waals surface area contributed by atoms with Gasteiger partial charge in [0, 0.05) is 27.3 Å². The molecule has 0 amide bonds. The van der Waals surface area contributed by atoms with E-state index in [2.05, 4.69) is 25.4 Å². The van der Waals surface area contributed by atoms with Crippen molar-refractivity contribution in [3.05, 3.63) is 23.2 Å². The molecule has 0 aromatic carbocycles. The van der Waals surface area contributed by atoms with Crippen molar-refractivity contribution < 1.29 is 0 Å². The van der Waals surface area contributed by atoms with Gasteiger partial charge in [0.1, 0.15) is 0 Å². The molecule has 8 heteroatoms. The standard InChI is InChI=1S/C10H14ClN7/c1-17(2)10-14-8(11)13-9(15-10)12-6-7-4-5-18(3)16-7/h4-5H,6H2,1-3H3,(H,12,13,14,15). The Balaban J connectivity index is 2.09. The van der Waals surface area contributed by atoms with Crippen molar-refractivity contribution in [1.82, 2.24) is 24.7 Å². The van der Waals surface area contributed by atoms with Crippen LogP contribution in [0.25, 0.3) is 0 Å². The summed E-state index contributed by atoms with van der Waals surface area (Å²) in [6.45, 7) is 0.536. The highest BCUT2D eigenvalue weighted by Gasteiger charge is 2.06. The van der Waals surface area contributed by atoms with Crippen LogP contribution >= 0.6 is 11.6 Å². The van der Waals surface area contributed by atoms with Crippen LogP contribution in [0.5, 0.6) is 0 Å². The van der Waals surface area contributed by atoms with Crippen molar-refractivity contribution in [3.63, 3.8) is 0 Å². The summed E-state index contributed by atoms with van der Waals surface area (Å²) in [6, 6.07) is 1.92. The molecule has 96 valence electrons. The van der Waals surface area contributed by atoms with Crippen LogP contribution in [0.2, 0.25) is 5.28 Å². The molecule has 0 saturated heterocycles. The van der Waals surface area contributed by atoms with Crippen molar-refractivity contribution in [2.24, 2.45) is 7.05 Å². The number of rotatable bonds is 4. The summed E-state index contributed by atoms with van der Waals surface area (Å²) < 4.78 is 1.74. The SMILES string of the molecule is CN(C)c1nc(Cl)nc(NCc2ccn(C)n2)n1. The fourth-order valence-corrected chi connectivity index (χ4v) is 1.50. The highest BCUT2D eigenvalue weighted by molar-refractivity contribution is 6.28. The van der Waals surface area contributed by atoms with Gasteiger partial charge in [-0.05, 0) is 17.7 Å². The largest absolute Gasteiger partial charge is 0.348 e.